The summed E-state index contributed by atoms with van der Waals surface area (Å²) < 4.78 is 55.2. The number of fused-ring (bicyclic) bond motifs is 1. The third-order valence-electron chi connectivity index (χ3n) is 10.2. The van der Waals surface area contributed by atoms with Crippen LogP contribution in [0.3, 0.4) is 0 Å². The van der Waals surface area contributed by atoms with Crippen LogP contribution >= 0.6 is 7.67 Å². The molecular weight excluding hydrogens is 898 g/mol. The zero-order valence-corrected chi connectivity index (χ0v) is 38.7. The summed E-state index contributed by atoms with van der Waals surface area (Å²) in [5, 5.41) is 5.28. The normalized spacial score (nSPS) is 16.6. The minimum atomic E-state index is -4.38. The number of methoxy groups -OCH3 is 1. The van der Waals surface area contributed by atoms with Crippen LogP contribution in [0.5, 0.6) is 5.88 Å². The number of nitrogens with zero attached hydrogens (tertiary/aromatic N) is 4. The number of carbonyl (C=O) groups is 4. The monoisotopic (exact) mass is 951 g/mol. The van der Waals surface area contributed by atoms with Gasteiger partial charge in [-0.1, -0.05) is 128 Å². The van der Waals surface area contributed by atoms with Gasteiger partial charge in [0.2, 0.25) is 11.8 Å². The van der Waals surface area contributed by atoms with E-state index in [-0.39, 0.29) is 50.1 Å². The van der Waals surface area contributed by atoms with Gasteiger partial charge in [-0.25, -0.2) is 15.2 Å². The number of rotatable bonds is 21. The molecule has 19 nitrogen and oxygen atoms in total. The maximum absolute atomic E-state index is 14.6. The zero-order valence-electron chi connectivity index (χ0n) is 37.8. The first-order valence-corrected chi connectivity index (χ1v) is 23.2. The molecule has 1 saturated heterocycles. The molecule has 1 fully saturated rings. The van der Waals surface area contributed by atoms with E-state index >= 15 is 0 Å². The van der Waals surface area contributed by atoms with E-state index in [0.717, 1.165) is 16.7 Å². The Labute approximate surface area is 393 Å². The molecular formula is C48H54N7O12P. The van der Waals surface area contributed by atoms with Crippen molar-refractivity contribution in [2.45, 2.75) is 71.5 Å². The number of imidazole rings is 1. The minimum absolute atomic E-state index is 0.00666. The molecule has 358 valence electrons. The van der Waals surface area contributed by atoms with Crippen LogP contribution in [-0.4, -0.2) is 75.8 Å². The standard InChI is InChI=1S/C39H44N7O10P.C9H10O2/c1-26-18-30(56-37(26)46-25-41-34-35(46)43-39(40)44-36(34)51-2)24-55-57(50,42-20-33(48)53-22-28-14-8-4-9-15-28)45-31(38(49)54-23-29-16-10-5-11-17-29)19-32(47)52-21-27-12-6-3-7-13-27;1-8(10)11-7-9-5-3-2-4-6-9/h3-17,25-26,30-31,37H,18-24H2,1-2H3,(H2,40,43,44)(H2,42,45,50);2-6H,7H2,1H3. The molecule has 6 aromatic rings. The van der Waals surface area contributed by atoms with Crippen molar-refractivity contribution in [3.05, 3.63) is 150 Å². The molecule has 0 aliphatic carbocycles. The van der Waals surface area contributed by atoms with E-state index in [9.17, 15) is 23.7 Å². The number of hydrogen-bond acceptors (Lipinski definition) is 16. The molecule has 0 bridgehead atoms. The molecule has 4 aromatic carbocycles. The second-order valence-electron chi connectivity index (χ2n) is 15.5. The van der Waals surface area contributed by atoms with Crippen molar-refractivity contribution in [3.8, 4) is 5.88 Å². The molecule has 3 heterocycles. The number of hydrogen-bond donors (Lipinski definition) is 3. The summed E-state index contributed by atoms with van der Waals surface area (Å²) >= 11 is 0. The lowest BCUT2D eigenvalue weighted by molar-refractivity contribution is -0.153. The number of carbonyl (C=O) groups excluding carboxylic acids is 4. The molecule has 0 saturated carbocycles. The summed E-state index contributed by atoms with van der Waals surface area (Å²) in [4.78, 5) is 62.8. The van der Waals surface area contributed by atoms with Crippen molar-refractivity contribution in [3.63, 3.8) is 0 Å². The van der Waals surface area contributed by atoms with Gasteiger partial charge in [-0.2, -0.15) is 9.97 Å². The van der Waals surface area contributed by atoms with Gasteiger partial charge in [0.05, 0.1) is 32.6 Å². The molecule has 20 heteroatoms. The number of ether oxygens (including phenoxy) is 6. The van der Waals surface area contributed by atoms with Crippen molar-refractivity contribution in [2.75, 3.05) is 26.0 Å². The van der Waals surface area contributed by atoms with E-state index in [1.807, 2.05) is 55.5 Å². The molecule has 1 aliphatic rings. The van der Waals surface area contributed by atoms with Gasteiger partial charge in [-0.3, -0.25) is 28.3 Å². The van der Waals surface area contributed by atoms with E-state index in [2.05, 4.69) is 25.1 Å². The predicted octanol–water partition coefficient (Wildman–Crippen LogP) is 6.38. The number of esters is 4. The second-order valence-corrected chi connectivity index (χ2v) is 17.4. The zero-order chi connectivity index (χ0) is 48.3. The van der Waals surface area contributed by atoms with Gasteiger partial charge in [0.25, 0.3) is 0 Å². The number of nitrogens with one attached hydrogen (secondary N) is 2. The molecule has 2 aromatic heterocycles. The molecule has 0 amide bonds. The van der Waals surface area contributed by atoms with Gasteiger partial charge in [0, 0.05) is 12.8 Å². The fourth-order valence-corrected chi connectivity index (χ4v) is 8.39. The lowest BCUT2D eigenvalue weighted by Crippen LogP contribution is -2.42. The first-order chi connectivity index (χ1) is 32.9. The number of anilines is 1. The van der Waals surface area contributed by atoms with Crippen LogP contribution in [0.25, 0.3) is 11.2 Å². The first kappa shape index (κ1) is 50.4. The third-order valence-corrected chi connectivity index (χ3v) is 11.9. The summed E-state index contributed by atoms with van der Waals surface area (Å²) in [6.07, 6.45) is 0.231. The Kier molecular flexibility index (Phi) is 18.7. The molecule has 4 N–H and O–H groups in total. The Morgan fingerprint density at radius 1 is 0.765 bits per heavy atom. The van der Waals surface area contributed by atoms with Crippen LogP contribution in [0.4, 0.5) is 5.95 Å². The third kappa shape index (κ3) is 15.5. The molecule has 1 aliphatic heterocycles. The first-order valence-electron chi connectivity index (χ1n) is 21.6. The summed E-state index contributed by atoms with van der Waals surface area (Å²) in [6.45, 7) is 2.70. The number of aromatic nitrogens is 4. The molecule has 7 rings (SSSR count). The van der Waals surface area contributed by atoms with E-state index in [0.29, 0.717) is 29.8 Å². The molecule has 5 atom stereocenters. The predicted molar refractivity (Wildman–Crippen MR) is 248 cm³/mol. The quantitative estimate of drug-likeness (QED) is 0.0402. The van der Waals surface area contributed by atoms with Gasteiger partial charge in [0.15, 0.2) is 11.2 Å². The van der Waals surface area contributed by atoms with E-state index in [1.54, 1.807) is 83.7 Å². The van der Waals surface area contributed by atoms with Gasteiger partial charge in [-0.05, 0) is 28.7 Å². The van der Waals surface area contributed by atoms with Crippen molar-refractivity contribution < 1.29 is 56.7 Å². The highest BCUT2D eigenvalue weighted by Gasteiger charge is 2.39. The van der Waals surface area contributed by atoms with Crippen molar-refractivity contribution in [2.24, 2.45) is 5.92 Å². The highest BCUT2D eigenvalue weighted by molar-refractivity contribution is 7.54. The Hall–Kier alpha value is -7.02. The summed E-state index contributed by atoms with van der Waals surface area (Å²) in [5.74, 6) is -2.56. The summed E-state index contributed by atoms with van der Waals surface area (Å²) in [6, 6.07) is 35.0. The molecule has 68 heavy (non-hydrogen) atoms. The Balaban J connectivity index is 0.000000608. The van der Waals surface area contributed by atoms with Crippen LogP contribution < -0.4 is 20.6 Å². The second kappa shape index (κ2) is 25.2. The van der Waals surface area contributed by atoms with E-state index in [1.165, 1.54) is 14.0 Å². The maximum atomic E-state index is 14.6. The smallest absolute Gasteiger partial charge is 0.342 e. The molecule has 0 radical (unpaired) electrons. The Morgan fingerprint density at radius 3 is 1.81 bits per heavy atom. The average molecular weight is 952 g/mol. The maximum Gasteiger partial charge on any atom is 0.342 e. The van der Waals surface area contributed by atoms with Crippen LogP contribution in [-0.2, 0) is 78.4 Å². The lowest BCUT2D eigenvalue weighted by Gasteiger charge is -2.26. The van der Waals surface area contributed by atoms with Gasteiger partial charge in [-0.15, -0.1) is 0 Å². The van der Waals surface area contributed by atoms with Crippen molar-refractivity contribution >= 4 is 48.7 Å². The summed E-state index contributed by atoms with van der Waals surface area (Å²) in [7, 11) is -2.93. The summed E-state index contributed by atoms with van der Waals surface area (Å²) in [5.41, 5.74) is 9.90. The van der Waals surface area contributed by atoms with Crippen LogP contribution in [0.1, 0.15) is 55.2 Å². The minimum Gasteiger partial charge on any atom is -0.479 e. The fourth-order valence-electron chi connectivity index (χ4n) is 6.81. The van der Waals surface area contributed by atoms with Gasteiger partial charge >= 0.3 is 31.5 Å². The molecule has 0 spiro atoms. The van der Waals surface area contributed by atoms with Crippen LogP contribution in [0.2, 0.25) is 0 Å². The fraction of sp³-hybridized carbons (Fsp3) is 0.312. The number of benzene rings is 4. The Morgan fingerprint density at radius 2 is 1.28 bits per heavy atom. The van der Waals surface area contributed by atoms with Crippen molar-refractivity contribution in [1.82, 2.24) is 29.7 Å². The largest absolute Gasteiger partial charge is 0.479 e. The number of nitrogen functional groups attached to an aromatic ring is 1. The van der Waals surface area contributed by atoms with E-state index < -0.39 is 56.9 Å². The van der Waals surface area contributed by atoms with Crippen LogP contribution in [0.15, 0.2) is 128 Å². The lowest BCUT2D eigenvalue weighted by atomic mass is 10.1. The van der Waals surface area contributed by atoms with Gasteiger partial charge in [0.1, 0.15) is 45.2 Å². The Bertz CT molecular complexity index is 2610. The van der Waals surface area contributed by atoms with Gasteiger partial charge < -0.3 is 38.7 Å². The average Bonchev–Trinajstić information content (AvgIpc) is 3.95. The number of nitrogens with two attached hydrogens (primary N) is 1. The van der Waals surface area contributed by atoms with Crippen LogP contribution in [0, 0.1) is 5.92 Å². The van der Waals surface area contributed by atoms with Crippen molar-refractivity contribution in [1.29, 1.82) is 0 Å². The topological polar surface area (TPSA) is 244 Å². The highest BCUT2D eigenvalue weighted by atomic mass is 31.2. The van der Waals surface area contributed by atoms with E-state index in [4.69, 9.17) is 38.7 Å². The molecule has 5 unspecified atom stereocenters. The SMILES string of the molecule is CC(=O)OCc1ccccc1.COc1nc(N)nc2c1ncn2C1OC(COP(=O)(NCC(=O)OCc2ccccc2)NC(CC(=O)OCc2ccccc2)C(=O)OCc2ccccc2)CC1C. The highest BCUT2D eigenvalue weighted by Crippen LogP contribution is 2.42.